The molecule has 1 aliphatic heterocycles. The minimum absolute atomic E-state index is 0.336. The summed E-state index contributed by atoms with van der Waals surface area (Å²) in [7, 11) is 2.14. The van der Waals surface area contributed by atoms with Crippen LogP contribution in [0.15, 0.2) is 18.3 Å². The third-order valence-corrected chi connectivity index (χ3v) is 3.48. The first-order valence-electron chi connectivity index (χ1n) is 6.07. The van der Waals surface area contributed by atoms with E-state index in [9.17, 15) is 0 Å². The molecule has 3 heterocycles. The average Bonchev–Trinajstić information content (AvgIpc) is 2.75. The fourth-order valence-corrected chi connectivity index (χ4v) is 2.49. The Morgan fingerprint density at radius 3 is 3.06 bits per heavy atom. The first-order valence-corrected chi connectivity index (χ1v) is 6.07. The van der Waals surface area contributed by atoms with E-state index in [1.807, 2.05) is 18.3 Å². The Morgan fingerprint density at radius 2 is 2.29 bits per heavy atom. The van der Waals surface area contributed by atoms with E-state index in [-0.39, 0.29) is 0 Å². The number of nitrogens with two attached hydrogens (primary N) is 1. The number of fused-ring (bicyclic) bond motifs is 1. The van der Waals surface area contributed by atoms with Gasteiger partial charge in [0.25, 0.3) is 0 Å². The van der Waals surface area contributed by atoms with Crippen LogP contribution in [0.4, 0.5) is 5.69 Å². The SMILES string of the molecule is CN1CCCCC1c1nc2c(N)cccn2n1. The molecule has 2 aromatic heterocycles. The summed E-state index contributed by atoms with van der Waals surface area (Å²) in [6.07, 6.45) is 5.54. The predicted molar refractivity (Wildman–Crippen MR) is 66.6 cm³/mol. The lowest BCUT2D eigenvalue weighted by molar-refractivity contribution is 0.179. The molecule has 0 bridgehead atoms. The molecule has 5 heteroatoms. The van der Waals surface area contributed by atoms with Crippen LogP contribution in [0.5, 0.6) is 0 Å². The maximum atomic E-state index is 5.90. The number of aromatic nitrogens is 3. The van der Waals surface area contributed by atoms with Gasteiger partial charge >= 0.3 is 0 Å². The molecule has 0 spiro atoms. The van der Waals surface area contributed by atoms with Crippen molar-refractivity contribution >= 4 is 11.3 Å². The average molecular weight is 231 g/mol. The van der Waals surface area contributed by atoms with Gasteiger partial charge in [-0.2, -0.15) is 0 Å². The Kier molecular flexibility index (Phi) is 2.48. The molecule has 1 aliphatic rings. The van der Waals surface area contributed by atoms with Crippen LogP contribution < -0.4 is 5.73 Å². The molecule has 2 aromatic rings. The zero-order valence-corrected chi connectivity index (χ0v) is 10.0. The number of hydrogen-bond acceptors (Lipinski definition) is 4. The highest BCUT2D eigenvalue weighted by atomic mass is 15.3. The van der Waals surface area contributed by atoms with Crippen molar-refractivity contribution < 1.29 is 0 Å². The zero-order valence-electron chi connectivity index (χ0n) is 10.0. The molecule has 3 rings (SSSR count). The van der Waals surface area contributed by atoms with Crippen LogP contribution in [0, 0.1) is 0 Å². The molecule has 1 unspecified atom stereocenters. The van der Waals surface area contributed by atoms with Crippen molar-refractivity contribution in [2.75, 3.05) is 19.3 Å². The quantitative estimate of drug-likeness (QED) is 0.807. The molecule has 2 N–H and O–H groups in total. The molecular formula is C12H17N5. The van der Waals surface area contributed by atoms with Gasteiger partial charge in [0.05, 0.1) is 11.7 Å². The number of pyridine rings is 1. The molecular weight excluding hydrogens is 214 g/mol. The monoisotopic (exact) mass is 231 g/mol. The van der Waals surface area contributed by atoms with Crippen LogP contribution in [0.1, 0.15) is 31.1 Å². The topological polar surface area (TPSA) is 59.5 Å². The molecule has 1 fully saturated rings. The van der Waals surface area contributed by atoms with Gasteiger partial charge in [-0.25, -0.2) is 9.50 Å². The number of anilines is 1. The van der Waals surface area contributed by atoms with Gasteiger partial charge in [-0.3, -0.25) is 4.90 Å². The van der Waals surface area contributed by atoms with Crippen LogP contribution in [0.3, 0.4) is 0 Å². The van der Waals surface area contributed by atoms with Gasteiger partial charge in [-0.15, -0.1) is 5.10 Å². The fourth-order valence-electron chi connectivity index (χ4n) is 2.49. The van der Waals surface area contributed by atoms with E-state index in [2.05, 4.69) is 22.0 Å². The number of nitrogens with zero attached hydrogens (tertiary/aromatic N) is 4. The Balaban J connectivity index is 2.02. The van der Waals surface area contributed by atoms with Crippen molar-refractivity contribution in [2.24, 2.45) is 0 Å². The van der Waals surface area contributed by atoms with Gasteiger partial charge in [0, 0.05) is 6.20 Å². The second kappa shape index (κ2) is 4.00. The van der Waals surface area contributed by atoms with Gasteiger partial charge in [0.15, 0.2) is 11.5 Å². The standard InChI is InChI=1S/C12H17N5/c1-16-7-3-2-6-10(16)11-14-12-9(13)5-4-8-17(12)15-11/h4-5,8,10H,2-3,6-7,13H2,1H3. The maximum Gasteiger partial charge on any atom is 0.178 e. The summed E-state index contributed by atoms with van der Waals surface area (Å²) in [4.78, 5) is 6.90. The normalized spacial score (nSPS) is 22.1. The van der Waals surface area contributed by atoms with Crippen molar-refractivity contribution in [3.8, 4) is 0 Å². The summed E-state index contributed by atoms with van der Waals surface area (Å²) in [5.74, 6) is 0.894. The smallest absolute Gasteiger partial charge is 0.178 e. The molecule has 0 aromatic carbocycles. The van der Waals surface area contributed by atoms with Crippen molar-refractivity contribution in [2.45, 2.75) is 25.3 Å². The van der Waals surface area contributed by atoms with E-state index in [1.54, 1.807) is 4.52 Å². The Morgan fingerprint density at radius 1 is 1.41 bits per heavy atom. The predicted octanol–water partition coefficient (Wildman–Crippen LogP) is 1.47. The van der Waals surface area contributed by atoms with Gasteiger partial charge in [-0.05, 0) is 38.6 Å². The van der Waals surface area contributed by atoms with Crippen LogP contribution in [0.25, 0.3) is 5.65 Å². The highest BCUT2D eigenvalue weighted by Crippen LogP contribution is 2.28. The number of piperidine rings is 1. The van der Waals surface area contributed by atoms with Crippen LogP contribution in [-0.4, -0.2) is 33.1 Å². The first kappa shape index (κ1) is 10.5. The van der Waals surface area contributed by atoms with E-state index < -0.39 is 0 Å². The van der Waals surface area contributed by atoms with Gasteiger partial charge in [0.2, 0.25) is 0 Å². The number of likely N-dealkylation sites (tertiary alicyclic amines) is 1. The molecule has 17 heavy (non-hydrogen) atoms. The van der Waals surface area contributed by atoms with Gasteiger partial charge in [-0.1, -0.05) is 6.42 Å². The van der Waals surface area contributed by atoms with Gasteiger partial charge < -0.3 is 5.73 Å². The number of rotatable bonds is 1. The largest absolute Gasteiger partial charge is 0.396 e. The third-order valence-electron chi connectivity index (χ3n) is 3.48. The van der Waals surface area contributed by atoms with E-state index in [4.69, 9.17) is 5.73 Å². The number of hydrogen-bond donors (Lipinski definition) is 1. The van der Waals surface area contributed by atoms with E-state index in [1.165, 1.54) is 12.8 Å². The minimum Gasteiger partial charge on any atom is -0.396 e. The van der Waals surface area contributed by atoms with Crippen molar-refractivity contribution in [3.63, 3.8) is 0 Å². The van der Waals surface area contributed by atoms with E-state index in [0.29, 0.717) is 11.7 Å². The van der Waals surface area contributed by atoms with Crippen molar-refractivity contribution in [1.82, 2.24) is 19.5 Å². The Bertz CT molecular complexity index is 533. The van der Waals surface area contributed by atoms with Crippen LogP contribution in [0.2, 0.25) is 0 Å². The Hall–Kier alpha value is -1.62. The molecule has 0 radical (unpaired) electrons. The fraction of sp³-hybridized carbons (Fsp3) is 0.500. The lowest BCUT2D eigenvalue weighted by Gasteiger charge is -2.30. The third kappa shape index (κ3) is 1.76. The summed E-state index contributed by atoms with van der Waals surface area (Å²) in [6.45, 7) is 1.12. The summed E-state index contributed by atoms with van der Waals surface area (Å²) in [5.41, 5.74) is 7.35. The highest BCUT2D eigenvalue weighted by Gasteiger charge is 2.24. The van der Waals surface area contributed by atoms with E-state index >= 15 is 0 Å². The lowest BCUT2D eigenvalue weighted by atomic mass is 10.0. The maximum absolute atomic E-state index is 5.90. The lowest BCUT2D eigenvalue weighted by Crippen LogP contribution is -2.30. The highest BCUT2D eigenvalue weighted by molar-refractivity contribution is 5.63. The minimum atomic E-state index is 0.336. The molecule has 1 saturated heterocycles. The summed E-state index contributed by atoms with van der Waals surface area (Å²) in [5, 5.41) is 4.53. The number of nitrogen functional groups attached to an aromatic ring is 1. The summed E-state index contributed by atoms with van der Waals surface area (Å²) < 4.78 is 1.77. The summed E-state index contributed by atoms with van der Waals surface area (Å²) in [6, 6.07) is 4.09. The molecule has 0 amide bonds. The first-order chi connectivity index (χ1) is 8.25. The van der Waals surface area contributed by atoms with Crippen molar-refractivity contribution in [3.05, 3.63) is 24.2 Å². The molecule has 0 aliphatic carbocycles. The molecule has 0 saturated carbocycles. The van der Waals surface area contributed by atoms with Crippen LogP contribution in [-0.2, 0) is 0 Å². The zero-order chi connectivity index (χ0) is 11.8. The molecule has 90 valence electrons. The van der Waals surface area contributed by atoms with E-state index in [0.717, 1.165) is 24.4 Å². The van der Waals surface area contributed by atoms with Crippen molar-refractivity contribution in [1.29, 1.82) is 0 Å². The second-order valence-electron chi connectivity index (χ2n) is 4.69. The van der Waals surface area contributed by atoms with Crippen LogP contribution >= 0.6 is 0 Å². The van der Waals surface area contributed by atoms with Gasteiger partial charge in [0.1, 0.15) is 0 Å². The Labute approximate surface area is 100 Å². The second-order valence-corrected chi connectivity index (χ2v) is 4.69. The molecule has 5 nitrogen and oxygen atoms in total. The molecule has 1 atom stereocenters. The summed E-state index contributed by atoms with van der Waals surface area (Å²) >= 11 is 0.